The van der Waals surface area contributed by atoms with Gasteiger partial charge >= 0.3 is 0 Å². The van der Waals surface area contributed by atoms with Crippen LogP contribution in [-0.2, 0) is 18.3 Å². The number of carbonyl (C=O) groups is 1. The molecule has 0 radical (unpaired) electrons. The Kier molecular flexibility index (Phi) is 5.50. The first-order valence-corrected chi connectivity index (χ1v) is 9.91. The van der Waals surface area contributed by atoms with Gasteiger partial charge in [0.2, 0.25) is 0 Å². The summed E-state index contributed by atoms with van der Waals surface area (Å²) in [7, 11) is 0. The van der Waals surface area contributed by atoms with E-state index in [-0.39, 0.29) is 17.4 Å². The Hall–Kier alpha value is -2.09. The molecule has 26 heavy (non-hydrogen) atoms. The summed E-state index contributed by atoms with van der Waals surface area (Å²) in [6.45, 7) is 8.69. The fourth-order valence-electron chi connectivity index (χ4n) is 3.75. The van der Waals surface area contributed by atoms with Crippen molar-refractivity contribution < 1.29 is 4.79 Å². The topological polar surface area (TPSA) is 29.1 Å². The van der Waals surface area contributed by atoms with Gasteiger partial charge in [-0.2, -0.15) is 0 Å². The molecule has 0 heterocycles. The van der Waals surface area contributed by atoms with E-state index in [0.717, 1.165) is 12.0 Å². The third-order valence-corrected chi connectivity index (χ3v) is 5.50. The van der Waals surface area contributed by atoms with Crippen LogP contribution in [0.15, 0.2) is 42.5 Å². The maximum Gasteiger partial charge on any atom is 0.251 e. The summed E-state index contributed by atoms with van der Waals surface area (Å²) in [5, 5.41) is 3.23. The number of amides is 1. The molecular formula is C24H31NO. The first-order chi connectivity index (χ1) is 12.4. The summed E-state index contributed by atoms with van der Waals surface area (Å²) in [5.74, 6) is 0.00929. The van der Waals surface area contributed by atoms with Crippen molar-refractivity contribution in [2.45, 2.75) is 71.3 Å². The van der Waals surface area contributed by atoms with Crippen LogP contribution in [0.25, 0.3) is 0 Å². The minimum Gasteiger partial charge on any atom is -0.345 e. The molecular weight excluding hydrogens is 318 g/mol. The molecule has 1 aliphatic rings. The molecule has 0 aromatic heterocycles. The van der Waals surface area contributed by atoms with Gasteiger partial charge in [-0.05, 0) is 71.9 Å². The highest BCUT2D eigenvalue weighted by molar-refractivity contribution is 5.94. The van der Waals surface area contributed by atoms with Gasteiger partial charge in [-0.1, -0.05) is 58.0 Å². The van der Waals surface area contributed by atoms with Crippen LogP contribution in [0.2, 0.25) is 0 Å². The summed E-state index contributed by atoms with van der Waals surface area (Å²) < 4.78 is 0. The Bertz CT molecular complexity index is 768. The number of carbonyl (C=O) groups excluding carboxylic acids is 1. The number of aryl methyl sites for hydroxylation is 2. The predicted molar refractivity (Wildman–Crippen MR) is 109 cm³/mol. The molecule has 0 saturated carbocycles. The summed E-state index contributed by atoms with van der Waals surface area (Å²) >= 11 is 0. The molecule has 0 saturated heterocycles. The number of hydrogen-bond donors (Lipinski definition) is 1. The van der Waals surface area contributed by atoms with Crippen molar-refractivity contribution in [1.82, 2.24) is 5.32 Å². The second-order valence-corrected chi connectivity index (χ2v) is 8.50. The quantitative estimate of drug-likeness (QED) is 0.749. The Morgan fingerprint density at radius 1 is 1.00 bits per heavy atom. The second-order valence-electron chi connectivity index (χ2n) is 8.50. The lowest BCUT2D eigenvalue weighted by molar-refractivity contribution is 0.0935. The molecule has 0 unspecified atom stereocenters. The van der Waals surface area contributed by atoms with Crippen LogP contribution in [0.3, 0.4) is 0 Å². The van der Waals surface area contributed by atoms with Crippen LogP contribution in [0.1, 0.15) is 85.6 Å². The summed E-state index contributed by atoms with van der Waals surface area (Å²) in [6, 6.07) is 14.8. The van der Waals surface area contributed by atoms with E-state index in [1.54, 1.807) is 0 Å². The van der Waals surface area contributed by atoms with Gasteiger partial charge in [-0.15, -0.1) is 0 Å². The van der Waals surface area contributed by atoms with Crippen LogP contribution in [0.5, 0.6) is 0 Å². The SMILES string of the molecule is CC[C@@H](NC(=O)c1ccc(C(C)(C)C)cc1)c1ccc2c(c1)CCCC2. The summed E-state index contributed by atoms with van der Waals surface area (Å²) in [4.78, 5) is 12.7. The lowest BCUT2D eigenvalue weighted by Gasteiger charge is -2.22. The van der Waals surface area contributed by atoms with Gasteiger partial charge in [0.1, 0.15) is 0 Å². The molecule has 0 spiro atoms. The molecule has 2 aromatic carbocycles. The number of rotatable bonds is 4. The highest BCUT2D eigenvalue weighted by atomic mass is 16.1. The van der Waals surface area contributed by atoms with Gasteiger partial charge in [-0.25, -0.2) is 0 Å². The van der Waals surface area contributed by atoms with Gasteiger partial charge in [0.25, 0.3) is 5.91 Å². The largest absolute Gasteiger partial charge is 0.345 e. The Balaban J connectivity index is 1.74. The summed E-state index contributed by atoms with van der Waals surface area (Å²) in [6.07, 6.45) is 5.83. The van der Waals surface area contributed by atoms with E-state index in [0.29, 0.717) is 0 Å². The van der Waals surface area contributed by atoms with Crippen LogP contribution in [0.4, 0.5) is 0 Å². The molecule has 1 atom stereocenters. The maximum atomic E-state index is 12.7. The lowest BCUT2D eigenvalue weighted by atomic mass is 9.86. The van der Waals surface area contributed by atoms with Crippen molar-refractivity contribution in [2.75, 3.05) is 0 Å². The van der Waals surface area contributed by atoms with E-state index >= 15 is 0 Å². The number of nitrogens with one attached hydrogen (secondary N) is 1. The molecule has 2 aromatic rings. The van der Waals surface area contributed by atoms with E-state index in [4.69, 9.17) is 0 Å². The molecule has 1 aliphatic carbocycles. The van der Waals surface area contributed by atoms with Crippen LogP contribution in [0, 0.1) is 0 Å². The number of benzene rings is 2. The number of hydrogen-bond acceptors (Lipinski definition) is 1. The van der Waals surface area contributed by atoms with Crippen LogP contribution in [-0.4, -0.2) is 5.91 Å². The minimum atomic E-state index is 0.00929. The van der Waals surface area contributed by atoms with Crippen LogP contribution >= 0.6 is 0 Å². The minimum absolute atomic E-state index is 0.00929. The van der Waals surface area contributed by atoms with Crippen molar-refractivity contribution >= 4 is 5.91 Å². The molecule has 138 valence electrons. The van der Waals surface area contributed by atoms with E-state index in [1.165, 1.54) is 47.9 Å². The first kappa shape index (κ1) is 18.7. The zero-order chi connectivity index (χ0) is 18.7. The van der Waals surface area contributed by atoms with E-state index < -0.39 is 0 Å². The lowest BCUT2D eigenvalue weighted by Crippen LogP contribution is -2.28. The zero-order valence-corrected chi connectivity index (χ0v) is 16.6. The van der Waals surface area contributed by atoms with E-state index in [1.807, 2.05) is 12.1 Å². The van der Waals surface area contributed by atoms with Crippen molar-refractivity contribution in [3.05, 3.63) is 70.3 Å². The maximum absolute atomic E-state index is 12.7. The van der Waals surface area contributed by atoms with Crippen LogP contribution < -0.4 is 5.32 Å². The van der Waals surface area contributed by atoms with Crippen molar-refractivity contribution in [2.24, 2.45) is 0 Å². The summed E-state index contributed by atoms with van der Waals surface area (Å²) in [5.41, 5.74) is 6.26. The molecule has 0 bridgehead atoms. The monoisotopic (exact) mass is 349 g/mol. The fraction of sp³-hybridized carbons (Fsp3) is 0.458. The molecule has 2 nitrogen and oxygen atoms in total. The highest BCUT2D eigenvalue weighted by Crippen LogP contribution is 2.27. The molecule has 3 rings (SSSR count). The van der Waals surface area contributed by atoms with E-state index in [9.17, 15) is 4.79 Å². The third kappa shape index (κ3) is 4.17. The second kappa shape index (κ2) is 7.65. The molecule has 0 fully saturated rings. The molecule has 1 N–H and O–H groups in total. The Morgan fingerprint density at radius 2 is 1.65 bits per heavy atom. The Labute approximate surface area is 158 Å². The van der Waals surface area contributed by atoms with Crippen molar-refractivity contribution in [3.8, 4) is 0 Å². The molecule has 2 heteroatoms. The van der Waals surface area contributed by atoms with Gasteiger partial charge in [0.15, 0.2) is 0 Å². The van der Waals surface area contributed by atoms with E-state index in [2.05, 4.69) is 63.3 Å². The predicted octanol–water partition coefficient (Wildman–Crippen LogP) is 5.74. The fourth-order valence-corrected chi connectivity index (χ4v) is 3.75. The van der Waals surface area contributed by atoms with Gasteiger partial charge in [-0.3, -0.25) is 4.79 Å². The average Bonchev–Trinajstić information content (AvgIpc) is 2.65. The smallest absolute Gasteiger partial charge is 0.251 e. The molecule has 0 aliphatic heterocycles. The van der Waals surface area contributed by atoms with Crippen molar-refractivity contribution in [1.29, 1.82) is 0 Å². The first-order valence-electron chi connectivity index (χ1n) is 9.91. The van der Waals surface area contributed by atoms with Gasteiger partial charge in [0.05, 0.1) is 6.04 Å². The van der Waals surface area contributed by atoms with Gasteiger partial charge in [0, 0.05) is 5.56 Å². The normalized spacial score (nSPS) is 15.2. The van der Waals surface area contributed by atoms with Gasteiger partial charge < -0.3 is 5.32 Å². The number of fused-ring (bicyclic) bond motifs is 1. The average molecular weight is 350 g/mol. The Morgan fingerprint density at radius 3 is 2.27 bits per heavy atom. The third-order valence-electron chi connectivity index (χ3n) is 5.50. The highest BCUT2D eigenvalue weighted by Gasteiger charge is 2.18. The molecule has 1 amide bonds. The van der Waals surface area contributed by atoms with Crippen molar-refractivity contribution in [3.63, 3.8) is 0 Å². The zero-order valence-electron chi connectivity index (χ0n) is 16.6. The standard InChI is InChI=1S/C24H31NO/c1-5-22(20-11-10-17-8-6-7-9-19(17)16-20)25-23(26)18-12-14-21(15-13-18)24(2,3)4/h10-16,22H,5-9H2,1-4H3,(H,25,26)/t22-/m1/s1.